The van der Waals surface area contributed by atoms with Crippen molar-refractivity contribution in [1.82, 2.24) is 0 Å². The molecule has 2 spiro atoms. The van der Waals surface area contributed by atoms with E-state index in [9.17, 15) is 9.59 Å². The molecule has 5 rings (SSSR count). The molecule has 6 atom stereocenters. The second-order valence-electron chi connectivity index (χ2n) is 5.98. The Bertz CT molecular complexity index is 418. The van der Waals surface area contributed by atoms with Gasteiger partial charge in [-0.15, -0.1) is 0 Å². The number of carbonyl (C=O) groups is 2. The van der Waals surface area contributed by atoms with Gasteiger partial charge in [-0.25, -0.2) is 0 Å². The maximum atomic E-state index is 12.2. The van der Waals surface area contributed by atoms with Crippen LogP contribution >= 0.6 is 0 Å². The van der Waals surface area contributed by atoms with Crippen LogP contribution in [0.1, 0.15) is 25.7 Å². The fourth-order valence-corrected chi connectivity index (χ4v) is 5.71. The third-order valence-corrected chi connectivity index (χ3v) is 6.04. The standard InChI is InChI=1S/C12H12O4/c13-9-11-2-1-3-12(11)6-4-5(11)7(15-9)8(6)16-10(12)14/h5-8H,1-4H2/t5-,6+,7-,8+,11-,12+. The summed E-state index contributed by atoms with van der Waals surface area (Å²) in [5.41, 5.74) is -0.959. The van der Waals surface area contributed by atoms with Crippen LogP contribution in [0.3, 0.4) is 0 Å². The van der Waals surface area contributed by atoms with E-state index in [1.165, 1.54) is 0 Å². The number of esters is 2. The molecule has 0 aromatic rings. The van der Waals surface area contributed by atoms with Crippen LogP contribution in [-0.4, -0.2) is 24.1 Å². The van der Waals surface area contributed by atoms with E-state index in [1.807, 2.05) is 0 Å². The van der Waals surface area contributed by atoms with E-state index in [0.29, 0.717) is 0 Å². The largest absolute Gasteiger partial charge is 0.458 e. The quantitative estimate of drug-likeness (QED) is 0.562. The van der Waals surface area contributed by atoms with Crippen molar-refractivity contribution in [1.29, 1.82) is 0 Å². The summed E-state index contributed by atoms with van der Waals surface area (Å²) in [5.74, 6) is 0.344. The molecule has 0 unspecified atom stereocenters. The molecular weight excluding hydrogens is 208 g/mol. The monoisotopic (exact) mass is 220 g/mol. The van der Waals surface area contributed by atoms with Crippen LogP contribution in [0.25, 0.3) is 0 Å². The first-order chi connectivity index (χ1) is 7.72. The SMILES string of the molecule is O=C1O[C@H]2[C@H]3OC(=O)[C@@]45CCC[C@@]14[C@@H]2C[C@@H]35. The second-order valence-corrected chi connectivity index (χ2v) is 5.98. The van der Waals surface area contributed by atoms with Crippen LogP contribution in [0.2, 0.25) is 0 Å². The molecule has 16 heavy (non-hydrogen) atoms. The Balaban J connectivity index is 1.90. The van der Waals surface area contributed by atoms with Crippen molar-refractivity contribution >= 4 is 11.9 Å². The van der Waals surface area contributed by atoms with Crippen LogP contribution in [0, 0.1) is 22.7 Å². The molecule has 5 aliphatic rings. The van der Waals surface area contributed by atoms with E-state index in [4.69, 9.17) is 9.47 Å². The highest BCUT2D eigenvalue weighted by Gasteiger charge is 2.88. The number of fused-ring (bicyclic) bond motifs is 1. The van der Waals surface area contributed by atoms with Gasteiger partial charge in [0.2, 0.25) is 0 Å². The van der Waals surface area contributed by atoms with Crippen LogP contribution in [0.5, 0.6) is 0 Å². The van der Waals surface area contributed by atoms with Gasteiger partial charge in [0.05, 0.1) is 10.8 Å². The zero-order chi connectivity index (χ0) is 10.7. The van der Waals surface area contributed by atoms with E-state index in [0.717, 1.165) is 25.7 Å². The molecule has 4 nitrogen and oxygen atoms in total. The fourth-order valence-electron chi connectivity index (χ4n) is 5.71. The van der Waals surface area contributed by atoms with Gasteiger partial charge in [-0.05, 0) is 19.3 Å². The third kappa shape index (κ3) is 0.451. The normalized spacial score (nSPS) is 63.8. The first-order valence-electron chi connectivity index (χ1n) is 6.14. The molecule has 0 aromatic heterocycles. The zero-order valence-corrected chi connectivity index (χ0v) is 8.77. The number of rotatable bonds is 0. The van der Waals surface area contributed by atoms with E-state index in [2.05, 4.69) is 0 Å². The maximum Gasteiger partial charge on any atom is 0.314 e. The molecule has 0 aromatic carbocycles. The van der Waals surface area contributed by atoms with Crippen molar-refractivity contribution in [3.8, 4) is 0 Å². The van der Waals surface area contributed by atoms with Gasteiger partial charge in [-0.1, -0.05) is 6.42 Å². The molecule has 3 saturated carbocycles. The summed E-state index contributed by atoms with van der Waals surface area (Å²) >= 11 is 0. The van der Waals surface area contributed by atoms with Gasteiger partial charge in [-0.3, -0.25) is 9.59 Å². The van der Waals surface area contributed by atoms with Gasteiger partial charge < -0.3 is 9.47 Å². The van der Waals surface area contributed by atoms with Crippen molar-refractivity contribution in [2.45, 2.75) is 37.9 Å². The lowest BCUT2D eigenvalue weighted by atomic mass is 9.59. The van der Waals surface area contributed by atoms with Crippen molar-refractivity contribution in [2.24, 2.45) is 22.7 Å². The van der Waals surface area contributed by atoms with Gasteiger partial charge in [-0.2, -0.15) is 0 Å². The van der Waals surface area contributed by atoms with Gasteiger partial charge in [0, 0.05) is 11.8 Å². The highest BCUT2D eigenvalue weighted by molar-refractivity contribution is 5.95. The summed E-state index contributed by atoms with van der Waals surface area (Å²) in [6, 6.07) is 0. The van der Waals surface area contributed by atoms with E-state index in [1.54, 1.807) is 0 Å². The van der Waals surface area contributed by atoms with Gasteiger partial charge >= 0.3 is 11.9 Å². The van der Waals surface area contributed by atoms with Crippen LogP contribution in [-0.2, 0) is 19.1 Å². The smallest absolute Gasteiger partial charge is 0.314 e. The van der Waals surface area contributed by atoms with E-state index < -0.39 is 10.8 Å². The summed E-state index contributed by atoms with van der Waals surface area (Å²) in [4.78, 5) is 24.4. The third-order valence-electron chi connectivity index (χ3n) is 6.04. The van der Waals surface area contributed by atoms with E-state index >= 15 is 0 Å². The van der Waals surface area contributed by atoms with E-state index in [-0.39, 0.29) is 36.0 Å². The number of hydrogen-bond acceptors (Lipinski definition) is 4. The summed E-state index contributed by atoms with van der Waals surface area (Å²) in [5, 5.41) is 0. The molecule has 2 saturated heterocycles. The predicted molar refractivity (Wildman–Crippen MR) is 50.1 cm³/mol. The molecule has 2 heterocycles. The topological polar surface area (TPSA) is 52.6 Å². The summed E-state index contributed by atoms with van der Waals surface area (Å²) in [6.45, 7) is 0. The Labute approximate surface area is 92.3 Å². The maximum absolute atomic E-state index is 12.2. The Morgan fingerprint density at radius 2 is 1.44 bits per heavy atom. The van der Waals surface area contributed by atoms with Gasteiger partial charge in [0.25, 0.3) is 0 Å². The van der Waals surface area contributed by atoms with Crippen LogP contribution in [0.15, 0.2) is 0 Å². The Kier molecular flexibility index (Phi) is 0.967. The predicted octanol–water partition coefficient (Wildman–Crippen LogP) is 0.644. The molecule has 2 bridgehead atoms. The average molecular weight is 220 g/mol. The number of ether oxygens (including phenoxy) is 2. The molecule has 5 fully saturated rings. The minimum Gasteiger partial charge on any atom is -0.458 e. The highest BCUT2D eigenvalue weighted by Crippen LogP contribution is 2.79. The lowest BCUT2D eigenvalue weighted by molar-refractivity contribution is -0.168. The molecule has 0 amide bonds. The first-order valence-corrected chi connectivity index (χ1v) is 6.14. The minimum absolute atomic E-state index is 0.0957. The molecule has 84 valence electrons. The molecule has 0 N–H and O–H groups in total. The Hall–Kier alpha value is -1.06. The number of carbonyl (C=O) groups excluding carboxylic acids is 2. The summed E-state index contributed by atoms with van der Waals surface area (Å²) < 4.78 is 11.0. The van der Waals surface area contributed by atoms with Crippen molar-refractivity contribution < 1.29 is 19.1 Å². The molecule has 0 radical (unpaired) electrons. The first kappa shape index (κ1) is 8.09. The molecule has 3 aliphatic carbocycles. The van der Waals surface area contributed by atoms with Crippen molar-refractivity contribution in [3.05, 3.63) is 0 Å². The number of hydrogen-bond donors (Lipinski definition) is 0. The molecule has 4 heteroatoms. The Morgan fingerprint density at radius 3 is 1.94 bits per heavy atom. The van der Waals surface area contributed by atoms with Gasteiger partial charge in [0.15, 0.2) is 0 Å². The van der Waals surface area contributed by atoms with Crippen molar-refractivity contribution in [3.63, 3.8) is 0 Å². The fraction of sp³-hybridized carbons (Fsp3) is 0.833. The van der Waals surface area contributed by atoms with Gasteiger partial charge in [0.1, 0.15) is 12.2 Å². The van der Waals surface area contributed by atoms with Crippen LogP contribution in [0.4, 0.5) is 0 Å². The second kappa shape index (κ2) is 1.91. The lowest BCUT2D eigenvalue weighted by Gasteiger charge is -2.34. The zero-order valence-electron chi connectivity index (χ0n) is 8.77. The molecule has 2 aliphatic heterocycles. The van der Waals surface area contributed by atoms with Crippen LogP contribution < -0.4 is 0 Å². The summed E-state index contributed by atoms with van der Waals surface area (Å²) in [7, 11) is 0. The van der Waals surface area contributed by atoms with Crippen molar-refractivity contribution in [2.75, 3.05) is 0 Å². The molecular formula is C12H12O4. The highest BCUT2D eigenvalue weighted by atomic mass is 16.6. The lowest BCUT2D eigenvalue weighted by Crippen LogP contribution is -2.48. The minimum atomic E-state index is -0.480. The summed E-state index contributed by atoms with van der Waals surface area (Å²) in [6.07, 6.45) is 3.38. The average Bonchev–Trinajstić information content (AvgIpc) is 2.91. The Morgan fingerprint density at radius 1 is 0.938 bits per heavy atom.